The second-order valence-electron chi connectivity index (χ2n) is 5.43. The van der Waals surface area contributed by atoms with Crippen LogP contribution in [0.15, 0.2) is 24.3 Å². The van der Waals surface area contributed by atoms with Crippen molar-refractivity contribution in [2.24, 2.45) is 0 Å². The second kappa shape index (κ2) is 6.92. The molecule has 1 aliphatic heterocycles. The van der Waals surface area contributed by atoms with Gasteiger partial charge in [-0.2, -0.15) is 0 Å². The maximum atomic E-state index is 10.3. The van der Waals surface area contributed by atoms with E-state index in [1.807, 2.05) is 38.1 Å². The highest BCUT2D eigenvalue weighted by Gasteiger charge is 2.19. The van der Waals surface area contributed by atoms with Gasteiger partial charge in [0.1, 0.15) is 5.75 Å². The van der Waals surface area contributed by atoms with E-state index in [0.29, 0.717) is 6.10 Å². The Labute approximate surface area is 115 Å². The van der Waals surface area contributed by atoms with E-state index in [1.54, 1.807) is 0 Å². The van der Waals surface area contributed by atoms with Crippen molar-refractivity contribution in [3.63, 3.8) is 0 Å². The summed E-state index contributed by atoms with van der Waals surface area (Å²) < 4.78 is 11.3. The maximum absolute atomic E-state index is 10.3. The number of ether oxygens (including phenoxy) is 2. The van der Waals surface area contributed by atoms with Crippen LogP contribution in [0, 0.1) is 0 Å². The monoisotopic (exact) mass is 264 g/mol. The van der Waals surface area contributed by atoms with Crippen molar-refractivity contribution in [2.45, 2.75) is 57.8 Å². The van der Waals surface area contributed by atoms with Gasteiger partial charge in [0.15, 0.2) is 0 Å². The van der Waals surface area contributed by atoms with Crippen molar-refractivity contribution in [3.05, 3.63) is 29.8 Å². The first-order valence-corrected chi connectivity index (χ1v) is 7.22. The van der Waals surface area contributed by atoms with Gasteiger partial charge in [0.25, 0.3) is 0 Å². The molecule has 1 heterocycles. The van der Waals surface area contributed by atoms with Crippen LogP contribution in [0.1, 0.15) is 51.2 Å². The number of hydrogen-bond acceptors (Lipinski definition) is 3. The molecular weight excluding hydrogens is 240 g/mol. The second-order valence-corrected chi connectivity index (χ2v) is 5.43. The standard InChI is InChI=1S/C16H24O3/c1-12(2)19-16-8-4-3-7-14(16)15(17)10-9-13-6-5-11-18-13/h3-4,7-8,12-13,15,17H,5-6,9-11H2,1-2H3. The summed E-state index contributed by atoms with van der Waals surface area (Å²) in [6.45, 7) is 4.86. The van der Waals surface area contributed by atoms with Crippen molar-refractivity contribution in [2.75, 3.05) is 6.61 Å². The fourth-order valence-electron chi connectivity index (χ4n) is 2.49. The molecule has 2 rings (SSSR count). The van der Waals surface area contributed by atoms with Crippen molar-refractivity contribution in [3.8, 4) is 5.75 Å². The summed E-state index contributed by atoms with van der Waals surface area (Å²) in [4.78, 5) is 0. The van der Waals surface area contributed by atoms with Crippen molar-refractivity contribution < 1.29 is 14.6 Å². The summed E-state index contributed by atoms with van der Waals surface area (Å²) in [5.41, 5.74) is 0.884. The lowest BCUT2D eigenvalue weighted by atomic mass is 10.0. The van der Waals surface area contributed by atoms with E-state index in [0.717, 1.165) is 43.6 Å². The van der Waals surface area contributed by atoms with E-state index in [9.17, 15) is 5.11 Å². The van der Waals surface area contributed by atoms with Gasteiger partial charge in [0.05, 0.1) is 18.3 Å². The third kappa shape index (κ3) is 4.22. The van der Waals surface area contributed by atoms with E-state index in [-0.39, 0.29) is 6.10 Å². The predicted molar refractivity (Wildman–Crippen MR) is 75.4 cm³/mol. The molecule has 2 unspecified atom stereocenters. The fourth-order valence-corrected chi connectivity index (χ4v) is 2.49. The molecule has 0 saturated carbocycles. The molecule has 106 valence electrons. The minimum absolute atomic E-state index is 0.117. The predicted octanol–water partition coefficient (Wildman–Crippen LogP) is 3.47. The summed E-state index contributed by atoms with van der Waals surface area (Å²) in [7, 11) is 0. The highest BCUT2D eigenvalue weighted by molar-refractivity contribution is 5.35. The summed E-state index contributed by atoms with van der Waals surface area (Å²) in [6, 6.07) is 7.74. The van der Waals surface area contributed by atoms with Crippen molar-refractivity contribution in [1.82, 2.24) is 0 Å². The SMILES string of the molecule is CC(C)Oc1ccccc1C(O)CCC1CCCO1. The summed E-state index contributed by atoms with van der Waals surface area (Å²) in [5.74, 6) is 0.789. The molecule has 19 heavy (non-hydrogen) atoms. The molecule has 3 nitrogen and oxygen atoms in total. The summed E-state index contributed by atoms with van der Waals surface area (Å²) in [6.07, 6.45) is 3.88. The minimum atomic E-state index is -0.473. The molecule has 0 amide bonds. The smallest absolute Gasteiger partial charge is 0.125 e. The number of para-hydroxylation sites is 1. The molecule has 0 aliphatic carbocycles. The zero-order valence-corrected chi connectivity index (χ0v) is 11.8. The molecule has 1 saturated heterocycles. The van der Waals surface area contributed by atoms with E-state index >= 15 is 0 Å². The summed E-state index contributed by atoms with van der Waals surface area (Å²) >= 11 is 0. The molecule has 3 heteroatoms. The van der Waals surface area contributed by atoms with E-state index in [2.05, 4.69) is 0 Å². The Hall–Kier alpha value is -1.06. The average Bonchev–Trinajstić information content (AvgIpc) is 2.89. The molecule has 0 bridgehead atoms. The van der Waals surface area contributed by atoms with Crippen molar-refractivity contribution >= 4 is 0 Å². The van der Waals surface area contributed by atoms with Crippen LogP contribution in [0.5, 0.6) is 5.75 Å². The molecule has 1 aromatic carbocycles. The van der Waals surface area contributed by atoms with Crippen LogP contribution in [0.2, 0.25) is 0 Å². The molecule has 1 aromatic rings. The van der Waals surface area contributed by atoms with Gasteiger partial charge in [0, 0.05) is 12.2 Å². The number of aliphatic hydroxyl groups is 1. The van der Waals surface area contributed by atoms with Crippen LogP contribution in [-0.2, 0) is 4.74 Å². The lowest BCUT2D eigenvalue weighted by Gasteiger charge is -2.19. The van der Waals surface area contributed by atoms with Crippen LogP contribution in [0.4, 0.5) is 0 Å². The number of rotatable bonds is 6. The van der Waals surface area contributed by atoms with Crippen LogP contribution >= 0.6 is 0 Å². The Balaban J connectivity index is 1.95. The molecule has 2 atom stereocenters. The molecular formula is C16H24O3. The molecule has 1 aliphatic rings. The lowest BCUT2D eigenvalue weighted by molar-refractivity contribution is 0.0799. The third-order valence-corrected chi connectivity index (χ3v) is 3.43. The third-order valence-electron chi connectivity index (χ3n) is 3.43. The molecule has 0 spiro atoms. The molecule has 1 N–H and O–H groups in total. The molecule has 1 fully saturated rings. The Morgan fingerprint density at radius 1 is 1.37 bits per heavy atom. The van der Waals surface area contributed by atoms with Gasteiger partial charge < -0.3 is 14.6 Å². The van der Waals surface area contributed by atoms with Crippen molar-refractivity contribution in [1.29, 1.82) is 0 Å². The van der Waals surface area contributed by atoms with E-state index in [1.165, 1.54) is 0 Å². The minimum Gasteiger partial charge on any atom is -0.491 e. The molecule has 0 aromatic heterocycles. The largest absolute Gasteiger partial charge is 0.491 e. The van der Waals surface area contributed by atoms with Gasteiger partial charge in [-0.25, -0.2) is 0 Å². The van der Waals surface area contributed by atoms with Crippen LogP contribution in [-0.4, -0.2) is 23.9 Å². The van der Waals surface area contributed by atoms with E-state index < -0.39 is 6.10 Å². The first-order valence-electron chi connectivity index (χ1n) is 7.22. The number of aliphatic hydroxyl groups excluding tert-OH is 1. The van der Waals surface area contributed by atoms with Gasteiger partial charge >= 0.3 is 0 Å². The first kappa shape index (κ1) is 14.4. The Morgan fingerprint density at radius 2 is 2.16 bits per heavy atom. The topological polar surface area (TPSA) is 38.7 Å². The zero-order valence-electron chi connectivity index (χ0n) is 11.8. The highest BCUT2D eigenvalue weighted by atomic mass is 16.5. The van der Waals surface area contributed by atoms with E-state index in [4.69, 9.17) is 9.47 Å². The fraction of sp³-hybridized carbons (Fsp3) is 0.625. The average molecular weight is 264 g/mol. The zero-order chi connectivity index (χ0) is 13.7. The van der Waals surface area contributed by atoms with Gasteiger partial charge in [0.2, 0.25) is 0 Å². The highest BCUT2D eigenvalue weighted by Crippen LogP contribution is 2.30. The molecule has 0 radical (unpaired) electrons. The van der Waals surface area contributed by atoms with Gasteiger partial charge in [-0.3, -0.25) is 0 Å². The lowest BCUT2D eigenvalue weighted by Crippen LogP contribution is -2.11. The Morgan fingerprint density at radius 3 is 2.84 bits per heavy atom. The van der Waals surface area contributed by atoms with Crippen LogP contribution in [0.3, 0.4) is 0 Å². The van der Waals surface area contributed by atoms with Gasteiger partial charge in [-0.05, 0) is 45.6 Å². The van der Waals surface area contributed by atoms with Crippen LogP contribution in [0.25, 0.3) is 0 Å². The first-order chi connectivity index (χ1) is 9.16. The van der Waals surface area contributed by atoms with Gasteiger partial charge in [-0.1, -0.05) is 18.2 Å². The Bertz CT molecular complexity index is 383. The normalized spacial score (nSPS) is 20.7. The Kier molecular flexibility index (Phi) is 5.23. The maximum Gasteiger partial charge on any atom is 0.125 e. The number of benzene rings is 1. The number of hydrogen-bond donors (Lipinski definition) is 1. The van der Waals surface area contributed by atoms with Crippen LogP contribution < -0.4 is 4.74 Å². The quantitative estimate of drug-likeness (QED) is 0.855. The summed E-state index contributed by atoms with van der Waals surface area (Å²) in [5, 5.41) is 10.3. The van der Waals surface area contributed by atoms with Gasteiger partial charge in [-0.15, -0.1) is 0 Å².